The Balaban J connectivity index is 1.54. The number of carbonyl (C=O) groups excluding carboxylic acids is 1. The third kappa shape index (κ3) is 6.11. The van der Waals surface area contributed by atoms with E-state index in [1.807, 2.05) is 29.7 Å². The first-order chi connectivity index (χ1) is 14.6. The van der Waals surface area contributed by atoms with E-state index < -0.39 is 0 Å². The van der Waals surface area contributed by atoms with Crippen LogP contribution in [-0.2, 0) is 11.3 Å². The lowest BCUT2D eigenvalue weighted by Gasteiger charge is -2.34. The Bertz CT molecular complexity index is 795. The van der Waals surface area contributed by atoms with Gasteiger partial charge < -0.3 is 15.5 Å². The minimum atomic E-state index is -0.358. The molecule has 8 heteroatoms. The molecule has 1 amide bonds. The molecule has 1 saturated carbocycles. The number of nitriles is 1. The summed E-state index contributed by atoms with van der Waals surface area (Å²) < 4.78 is 14.0. The Labute approximate surface area is 182 Å². The molecule has 1 aliphatic carbocycles. The highest BCUT2D eigenvalue weighted by atomic mass is 32.2. The second-order valence-electron chi connectivity index (χ2n) is 7.74. The van der Waals surface area contributed by atoms with Crippen LogP contribution in [0, 0.1) is 23.1 Å². The summed E-state index contributed by atoms with van der Waals surface area (Å²) in [6.45, 7) is 4.61. The highest BCUT2D eigenvalue weighted by Gasteiger charge is 2.30. The molecule has 1 heterocycles. The normalized spacial score (nSPS) is 22.3. The molecule has 1 aromatic rings. The van der Waals surface area contributed by atoms with Crippen molar-refractivity contribution < 1.29 is 9.18 Å². The standard InChI is InChI=1S/C22H30FN5OS/c1-2-25-22(26-15-18-13-16(14-24)3-8-20(18)23)27-19-6-4-17(5-7-19)21(29)28-9-11-30-12-10-28/h3,8,13,17,19H,2,4-7,9-12,15H2,1H3,(H2,25,26,27). The van der Waals surface area contributed by atoms with Gasteiger partial charge in [0.05, 0.1) is 18.2 Å². The molecule has 2 N–H and O–H groups in total. The summed E-state index contributed by atoms with van der Waals surface area (Å²) in [7, 11) is 0. The maximum Gasteiger partial charge on any atom is 0.225 e. The highest BCUT2D eigenvalue weighted by Crippen LogP contribution is 2.27. The van der Waals surface area contributed by atoms with Gasteiger partial charge in [-0.1, -0.05) is 0 Å². The van der Waals surface area contributed by atoms with Crippen molar-refractivity contribution >= 4 is 23.6 Å². The monoisotopic (exact) mass is 431 g/mol. The zero-order valence-electron chi connectivity index (χ0n) is 17.5. The van der Waals surface area contributed by atoms with E-state index in [0.29, 0.717) is 29.5 Å². The fourth-order valence-corrected chi connectivity index (χ4v) is 4.87. The molecule has 2 aliphatic rings. The lowest BCUT2D eigenvalue weighted by molar-refractivity contribution is -0.136. The zero-order valence-corrected chi connectivity index (χ0v) is 18.3. The van der Waals surface area contributed by atoms with E-state index >= 15 is 0 Å². The molecule has 0 spiro atoms. The molecule has 0 unspecified atom stereocenters. The molecule has 1 aromatic carbocycles. The molecular weight excluding hydrogens is 401 g/mol. The number of guanidine groups is 1. The number of hydrogen-bond acceptors (Lipinski definition) is 4. The zero-order chi connectivity index (χ0) is 21.3. The van der Waals surface area contributed by atoms with Gasteiger partial charge in [0.1, 0.15) is 5.82 Å². The third-order valence-corrected chi connectivity index (χ3v) is 6.61. The van der Waals surface area contributed by atoms with Gasteiger partial charge in [0.15, 0.2) is 5.96 Å². The van der Waals surface area contributed by atoms with Gasteiger partial charge in [0, 0.05) is 48.7 Å². The molecule has 2 fully saturated rings. The minimum absolute atomic E-state index is 0.133. The summed E-state index contributed by atoms with van der Waals surface area (Å²) in [4.78, 5) is 19.3. The Morgan fingerprint density at radius 1 is 1.30 bits per heavy atom. The van der Waals surface area contributed by atoms with Gasteiger partial charge in [-0.05, 0) is 50.8 Å². The molecule has 3 rings (SSSR count). The van der Waals surface area contributed by atoms with E-state index in [1.165, 1.54) is 18.2 Å². The quantitative estimate of drug-likeness (QED) is 0.554. The summed E-state index contributed by atoms with van der Waals surface area (Å²) in [5.74, 6) is 2.83. The van der Waals surface area contributed by atoms with Crippen molar-refractivity contribution in [1.29, 1.82) is 5.26 Å². The number of nitrogens with zero attached hydrogens (tertiary/aromatic N) is 3. The maximum absolute atomic E-state index is 14.0. The van der Waals surface area contributed by atoms with Crippen molar-refractivity contribution in [2.24, 2.45) is 10.9 Å². The van der Waals surface area contributed by atoms with E-state index in [-0.39, 0.29) is 24.3 Å². The Morgan fingerprint density at radius 2 is 2.03 bits per heavy atom. The van der Waals surface area contributed by atoms with E-state index in [9.17, 15) is 9.18 Å². The Morgan fingerprint density at radius 3 is 2.70 bits per heavy atom. The van der Waals surface area contributed by atoms with E-state index in [2.05, 4.69) is 15.6 Å². The number of benzene rings is 1. The van der Waals surface area contributed by atoms with Crippen LogP contribution in [0.3, 0.4) is 0 Å². The smallest absolute Gasteiger partial charge is 0.225 e. The molecule has 0 radical (unpaired) electrons. The Kier molecular flexibility index (Phi) is 8.38. The average Bonchev–Trinajstić information content (AvgIpc) is 2.79. The van der Waals surface area contributed by atoms with Crippen LogP contribution < -0.4 is 10.6 Å². The highest BCUT2D eigenvalue weighted by molar-refractivity contribution is 7.99. The molecule has 6 nitrogen and oxygen atoms in total. The molecular formula is C22H30FN5OS. The molecule has 1 aliphatic heterocycles. The predicted octanol–water partition coefficient (Wildman–Crippen LogP) is 2.89. The average molecular weight is 432 g/mol. The van der Waals surface area contributed by atoms with E-state index in [0.717, 1.165) is 50.3 Å². The van der Waals surface area contributed by atoms with Crippen molar-refractivity contribution in [2.75, 3.05) is 31.1 Å². The lowest BCUT2D eigenvalue weighted by Crippen LogP contribution is -2.47. The number of amides is 1. The largest absolute Gasteiger partial charge is 0.357 e. The topological polar surface area (TPSA) is 80.5 Å². The molecule has 162 valence electrons. The van der Waals surface area contributed by atoms with Crippen LogP contribution in [0.15, 0.2) is 23.2 Å². The molecule has 1 saturated heterocycles. The second-order valence-corrected chi connectivity index (χ2v) is 8.97. The van der Waals surface area contributed by atoms with Gasteiger partial charge in [-0.3, -0.25) is 4.79 Å². The predicted molar refractivity (Wildman–Crippen MR) is 119 cm³/mol. The van der Waals surface area contributed by atoms with Crippen LogP contribution in [0.1, 0.15) is 43.7 Å². The second kappa shape index (κ2) is 11.2. The van der Waals surface area contributed by atoms with E-state index in [1.54, 1.807) is 0 Å². The first-order valence-electron chi connectivity index (χ1n) is 10.7. The fraction of sp³-hybridized carbons (Fsp3) is 0.591. The van der Waals surface area contributed by atoms with Crippen LogP contribution in [-0.4, -0.2) is 53.9 Å². The summed E-state index contributed by atoms with van der Waals surface area (Å²) in [5.41, 5.74) is 0.829. The molecule has 0 aromatic heterocycles. The maximum atomic E-state index is 14.0. The van der Waals surface area contributed by atoms with Gasteiger partial charge in [0.25, 0.3) is 0 Å². The van der Waals surface area contributed by atoms with Crippen LogP contribution >= 0.6 is 11.8 Å². The van der Waals surface area contributed by atoms with Crippen LogP contribution in [0.2, 0.25) is 0 Å². The van der Waals surface area contributed by atoms with Crippen molar-refractivity contribution in [3.63, 3.8) is 0 Å². The van der Waals surface area contributed by atoms with Crippen LogP contribution in [0.5, 0.6) is 0 Å². The number of halogens is 1. The minimum Gasteiger partial charge on any atom is -0.357 e. The number of thioether (sulfide) groups is 1. The summed E-state index contributed by atoms with van der Waals surface area (Å²) >= 11 is 1.92. The van der Waals surface area contributed by atoms with Crippen LogP contribution in [0.4, 0.5) is 4.39 Å². The lowest BCUT2D eigenvalue weighted by atomic mass is 9.85. The number of aliphatic imine (C=N–C) groups is 1. The number of rotatable bonds is 5. The van der Waals surface area contributed by atoms with Gasteiger partial charge in [-0.25, -0.2) is 9.38 Å². The summed E-state index contributed by atoms with van der Waals surface area (Å²) in [6, 6.07) is 6.60. The third-order valence-electron chi connectivity index (χ3n) is 5.67. The number of nitrogens with one attached hydrogen (secondary N) is 2. The Hall–Kier alpha value is -2.27. The van der Waals surface area contributed by atoms with Crippen LogP contribution in [0.25, 0.3) is 0 Å². The van der Waals surface area contributed by atoms with Crippen molar-refractivity contribution in [3.8, 4) is 6.07 Å². The SMILES string of the molecule is CCNC(=NCc1cc(C#N)ccc1F)NC1CCC(C(=O)N2CCSCC2)CC1. The summed E-state index contributed by atoms with van der Waals surface area (Å²) in [6.07, 6.45) is 3.61. The van der Waals surface area contributed by atoms with Crippen molar-refractivity contribution in [3.05, 3.63) is 35.1 Å². The number of carbonyl (C=O) groups is 1. The summed E-state index contributed by atoms with van der Waals surface area (Å²) in [5, 5.41) is 15.7. The van der Waals surface area contributed by atoms with E-state index in [4.69, 9.17) is 5.26 Å². The fourth-order valence-electron chi connectivity index (χ4n) is 3.97. The molecule has 0 bridgehead atoms. The van der Waals surface area contributed by atoms with Gasteiger partial charge >= 0.3 is 0 Å². The van der Waals surface area contributed by atoms with Crippen molar-refractivity contribution in [2.45, 2.75) is 45.2 Å². The molecule has 30 heavy (non-hydrogen) atoms. The number of hydrogen-bond donors (Lipinski definition) is 2. The van der Waals surface area contributed by atoms with Crippen molar-refractivity contribution in [1.82, 2.24) is 15.5 Å². The first-order valence-corrected chi connectivity index (χ1v) is 11.9. The first kappa shape index (κ1) is 22.4. The van der Waals surface area contributed by atoms with Gasteiger partial charge in [-0.2, -0.15) is 17.0 Å². The molecule has 0 atom stereocenters. The van der Waals surface area contributed by atoms with Gasteiger partial charge in [0.2, 0.25) is 5.91 Å². The van der Waals surface area contributed by atoms with Gasteiger partial charge in [-0.15, -0.1) is 0 Å².